The number of alkyl halides is 3. The molecule has 1 saturated carbocycles. The van der Waals surface area contributed by atoms with Crippen molar-refractivity contribution in [3.05, 3.63) is 70.2 Å². The first-order valence-corrected chi connectivity index (χ1v) is 13.0. The number of amides is 1. The van der Waals surface area contributed by atoms with Crippen molar-refractivity contribution in [2.24, 2.45) is 0 Å². The summed E-state index contributed by atoms with van der Waals surface area (Å²) in [6.07, 6.45) is -5.83. The van der Waals surface area contributed by atoms with Gasteiger partial charge in [0.05, 0.1) is 31.0 Å². The summed E-state index contributed by atoms with van der Waals surface area (Å²) in [5, 5.41) is 3.50. The molecule has 0 bridgehead atoms. The number of halogens is 4. The lowest BCUT2D eigenvalue weighted by Crippen LogP contribution is -2.60. The Morgan fingerprint density at radius 1 is 1.08 bits per heavy atom. The summed E-state index contributed by atoms with van der Waals surface area (Å²) >= 11 is 6.14. The molecule has 1 amide bonds. The molecule has 1 heterocycles. The van der Waals surface area contributed by atoms with Crippen molar-refractivity contribution in [3.63, 3.8) is 0 Å². The first-order valence-electron chi connectivity index (χ1n) is 12.6. The Bertz CT molecular complexity index is 1140. The Morgan fingerprint density at radius 2 is 1.76 bits per heavy atom. The van der Waals surface area contributed by atoms with Crippen LogP contribution in [0.25, 0.3) is 0 Å². The summed E-state index contributed by atoms with van der Waals surface area (Å²) in [6.45, 7) is 7.28. The lowest BCUT2D eigenvalue weighted by molar-refractivity contribution is -0.183. The number of nitrogens with one attached hydrogen (secondary N) is 1. The molecule has 2 aliphatic rings. The summed E-state index contributed by atoms with van der Waals surface area (Å²) in [5.41, 5.74) is -0.924. The molecule has 6 nitrogen and oxygen atoms in total. The fourth-order valence-electron chi connectivity index (χ4n) is 4.99. The van der Waals surface area contributed by atoms with Crippen molar-refractivity contribution in [3.8, 4) is 0 Å². The van der Waals surface area contributed by atoms with E-state index in [1.54, 1.807) is 38.1 Å². The molecule has 1 unspecified atom stereocenters. The zero-order chi connectivity index (χ0) is 27.7. The van der Waals surface area contributed by atoms with Gasteiger partial charge in [-0.05, 0) is 63.1 Å². The SMILES string of the molecule is CC(C)NC(=O)[C@@]1(OCc2cccc(Cl)c2)CC(OCc2cccc(C(F)(F)F)c2)[C@@H]2OC(C)(C)O[C@@H]2C1. The number of hydrogen-bond acceptors (Lipinski definition) is 5. The smallest absolute Gasteiger partial charge is 0.371 e. The van der Waals surface area contributed by atoms with Crippen LogP contribution in [0.5, 0.6) is 0 Å². The van der Waals surface area contributed by atoms with Crippen molar-refractivity contribution in [1.82, 2.24) is 5.32 Å². The molecule has 0 radical (unpaired) electrons. The van der Waals surface area contributed by atoms with Crippen molar-refractivity contribution in [1.29, 1.82) is 0 Å². The number of fused-ring (bicyclic) bond motifs is 1. The lowest BCUT2D eigenvalue weighted by atomic mass is 9.78. The Hall–Kier alpha value is -2.17. The molecule has 1 aliphatic carbocycles. The van der Waals surface area contributed by atoms with Crippen molar-refractivity contribution >= 4 is 17.5 Å². The minimum atomic E-state index is -4.46. The van der Waals surface area contributed by atoms with E-state index in [4.69, 9.17) is 30.5 Å². The van der Waals surface area contributed by atoms with Crippen LogP contribution >= 0.6 is 11.6 Å². The summed E-state index contributed by atoms with van der Waals surface area (Å²) in [6, 6.07) is 12.0. The van der Waals surface area contributed by atoms with Crippen molar-refractivity contribution in [2.45, 2.75) is 95.7 Å². The van der Waals surface area contributed by atoms with Crippen LogP contribution in [0.2, 0.25) is 5.02 Å². The lowest BCUT2D eigenvalue weighted by Gasteiger charge is -2.43. The van der Waals surface area contributed by atoms with Gasteiger partial charge in [-0.1, -0.05) is 35.9 Å². The molecule has 2 aromatic rings. The minimum Gasteiger partial charge on any atom is -0.371 e. The van der Waals surface area contributed by atoms with Crippen molar-refractivity contribution < 1.29 is 36.9 Å². The molecule has 2 fully saturated rings. The highest BCUT2D eigenvalue weighted by atomic mass is 35.5. The normalized spacial score (nSPS) is 26.8. The van der Waals surface area contributed by atoms with Crippen LogP contribution in [0.1, 0.15) is 57.2 Å². The van der Waals surface area contributed by atoms with Crippen molar-refractivity contribution in [2.75, 3.05) is 0 Å². The third-order valence-electron chi connectivity index (χ3n) is 6.61. The second-order valence-electron chi connectivity index (χ2n) is 10.6. The maximum Gasteiger partial charge on any atom is 0.416 e. The topological polar surface area (TPSA) is 66.0 Å². The van der Waals surface area contributed by atoms with Crippen LogP contribution in [-0.2, 0) is 43.1 Å². The molecule has 1 N–H and O–H groups in total. The molecule has 38 heavy (non-hydrogen) atoms. The van der Waals surface area contributed by atoms with E-state index < -0.39 is 41.4 Å². The first kappa shape index (κ1) is 28.8. The number of benzene rings is 2. The van der Waals surface area contributed by atoms with Gasteiger partial charge < -0.3 is 24.3 Å². The van der Waals surface area contributed by atoms with Gasteiger partial charge in [-0.3, -0.25) is 4.79 Å². The van der Waals surface area contributed by atoms with Crippen LogP contribution < -0.4 is 5.32 Å². The van der Waals surface area contributed by atoms with Gasteiger partial charge in [-0.2, -0.15) is 13.2 Å². The van der Waals surface area contributed by atoms with Crippen LogP contribution in [0.3, 0.4) is 0 Å². The molecular weight excluding hydrogens is 523 g/mol. The summed E-state index contributed by atoms with van der Waals surface area (Å²) < 4.78 is 64.5. The summed E-state index contributed by atoms with van der Waals surface area (Å²) in [5.74, 6) is -1.24. The Morgan fingerprint density at radius 3 is 2.42 bits per heavy atom. The number of rotatable bonds is 8. The molecule has 2 aromatic carbocycles. The van der Waals surface area contributed by atoms with Gasteiger partial charge in [0.25, 0.3) is 5.91 Å². The van der Waals surface area contributed by atoms with E-state index >= 15 is 0 Å². The predicted octanol–water partition coefficient (Wildman–Crippen LogP) is 6.04. The number of ether oxygens (including phenoxy) is 4. The quantitative estimate of drug-likeness (QED) is 0.430. The maximum absolute atomic E-state index is 13.6. The maximum atomic E-state index is 13.6. The molecule has 208 valence electrons. The van der Waals surface area contributed by atoms with E-state index in [2.05, 4.69) is 5.32 Å². The largest absolute Gasteiger partial charge is 0.416 e. The second-order valence-corrected chi connectivity index (χ2v) is 11.1. The standard InChI is InChI=1S/C28H33ClF3NO5/c1-17(2)33-25(34)27(36-16-19-8-6-10-21(29)12-19)13-22(24-23(14-27)37-26(3,4)38-24)35-15-18-7-5-9-20(11-18)28(30,31)32/h5-12,17,22-24H,13-16H2,1-4H3,(H,33,34)/t22?,23-,24+,27-/m1/s1. The van der Waals surface area contributed by atoms with Crippen LogP contribution in [0.4, 0.5) is 13.2 Å². The second kappa shape index (κ2) is 11.1. The predicted molar refractivity (Wildman–Crippen MR) is 135 cm³/mol. The molecule has 0 spiro atoms. The van der Waals surface area contributed by atoms with E-state index in [9.17, 15) is 18.0 Å². The van der Waals surface area contributed by atoms with E-state index in [-0.39, 0.29) is 38.0 Å². The molecule has 4 atom stereocenters. The fraction of sp³-hybridized carbons (Fsp3) is 0.536. The highest BCUT2D eigenvalue weighted by Crippen LogP contribution is 2.44. The zero-order valence-corrected chi connectivity index (χ0v) is 22.6. The molecule has 1 saturated heterocycles. The van der Waals surface area contributed by atoms with E-state index in [0.29, 0.717) is 10.6 Å². The molecule has 0 aromatic heterocycles. The minimum absolute atomic E-state index is 0.0994. The van der Waals surface area contributed by atoms with Crippen LogP contribution in [0, 0.1) is 0 Å². The summed E-state index contributed by atoms with van der Waals surface area (Å²) in [7, 11) is 0. The molecule has 4 rings (SSSR count). The van der Waals surface area contributed by atoms with Gasteiger partial charge in [0.1, 0.15) is 6.10 Å². The molecule has 10 heteroatoms. The highest BCUT2D eigenvalue weighted by Gasteiger charge is 2.58. The average Bonchev–Trinajstić information content (AvgIpc) is 3.14. The first-order chi connectivity index (χ1) is 17.8. The van der Waals surface area contributed by atoms with E-state index in [1.807, 2.05) is 19.9 Å². The van der Waals surface area contributed by atoms with Gasteiger partial charge in [-0.25, -0.2) is 0 Å². The molecular formula is C28H33ClF3NO5. The Kier molecular flexibility index (Phi) is 8.45. The number of carbonyl (C=O) groups is 1. The van der Waals surface area contributed by atoms with E-state index in [0.717, 1.165) is 17.7 Å². The van der Waals surface area contributed by atoms with Gasteiger partial charge >= 0.3 is 6.18 Å². The third-order valence-corrected chi connectivity index (χ3v) is 6.84. The zero-order valence-electron chi connectivity index (χ0n) is 21.8. The fourth-order valence-corrected chi connectivity index (χ4v) is 5.20. The number of carbonyl (C=O) groups excluding carboxylic acids is 1. The molecule has 1 aliphatic heterocycles. The van der Waals surface area contributed by atoms with Gasteiger partial charge in [0.2, 0.25) is 0 Å². The monoisotopic (exact) mass is 555 g/mol. The highest BCUT2D eigenvalue weighted by molar-refractivity contribution is 6.30. The van der Waals surface area contributed by atoms with Crippen LogP contribution in [0.15, 0.2) is 48.5 Å². The van der Waals surface area contributed by atoms with Crippen LogP contribution in [-0.4, -0.2) is 41.6 Å². The van der Waals surface area contributed by atoms with E-state index in [1.165, 1.54) is 6.07 Å². The summed E-state index contributed by atoms with van der Waals surface area (Å²) in [4.78, 5) is 13.6. The Labute approximate surface area is 225 Å². The average molecular weight is 556 g/mol. The number of hydrogen-bond donors (Lipinski definition) is 1. The van der Waals surface area contributed by atoms with Gasteiger partial charge in [0.15, 0.2) is 11.4 Å². The third kappa shape index (κ3) is 6.87. The Balaban J connectivity index is 1.61. The van der Waals surface area contributed by atoms with Gasteiger partial charge in [0, 0.05) is 23.9 Å². The van der Waals surface area contributed by atoms with Gasteiger partial charge in [-0.15, -0.1) is 0 Å².